The third-order valence-electron chi connectivity index (χ3n) is 6.09. The molecular formula is C25H27N3O5S. The average molecular weight is 482 g/mol. The fourth-order valence-corrected chi connectivity index (χ4v) is 4.47. The first-order chi connectivity index (χ1) is 16.6. The van der Waals surface area contributed by atoms with Crippen molar-refractivity contribution in [2.75, 3.05) is 27.1 Å². The molecule has 2 aromatic carbocycles. The van der Waals surface area contributed by atoms with Gasteiger partial charge in [0.05, 0.1) is 25.3 Å². The van der Waals surface area contributed by atoms with Crippen LogP contribution in [0.1, 0.15) is 24.0 Å². The van der Waals surface area contributed by atoms with E-state index in [2.05, 4.69) is 10.3 Å². The lowest BCUT2D eigenvalue weighted by molar-refractivity contribution is 0.113. The molecule has 0 radical (unpaired) electrons. The van der Waals surface area contributed by atoms with E-state index in [4.69, 9.17) is 31.2 Å². The summed E-state index contributed by atoms with van der Waals surface area (Å²) in [6.45, 7) is 2.51. The molecule has 0 bridgehead atoms. The van der Waals surface area contributed by atoms with Gasteiger partial charge in [-0.2, -0.15) is 0 Å². The first kappa shape index (κ1) is 22.5. The van der Waals surface area contributed by atoms with Gasteiger partial charge in [0.25, 0.3) is 5.56 Å². The molecule has 0 aliphatic carbocycles. The molecule has 3 aromatic rings. The first-order valence-electron chi connectivity index (χ1n) is 11.3. The number of hydrogen-bond donors (Lipinski definition) is 2. The van der Waals surface area contributed by atoms with Crippen LogP contribution in [0, 0.1) is 0 Å². The van der Waals surface area contributed by atoms with Crippen LogP contribution >= 0.6 is 12.2 Å². The van der Waals surface area contributed by atoms with E-state index in [0.717, 1.165) is 41.7 Å². The van der Waals surface area contributed by atoms with Crippen LogP contribution in [0.4, 0.5) is 0 Å². The summed E-state index contributed by atoms with van der Waals surface area (Å²) >= 11 is 5.75. The monoisotopic (exact) mass is 481 g/mol. The van der Waals surface area contributed by atoms with Crippen LogP contribution in [0.5, 0.6) is 17.2 Å². The first-order valence-corrected chi connectivity index (χ1v) is 11.7. The number of hydrogen-bond acceptors (Lipinski definition) is 6. The highest BCUT2D eigenvalue weighted by Gasteiger charge is 2.20. The highest BCUT2D eigenvalue weighted by Crippen LogP contribution is 2.33. The zero-order valence-corrected chi connectivity index (χ0v) is 19.8. The highest BCUT2D eigenvalue weighted by molar-refractivity contribution is 7.80. The summed E-state index contributed by atoms with van der Waals surface area (Å²) in [4.78, 5) is 17.9. The summed E-state index contributed by atoms with van der Waals surface area (Å²) in [5.41, 5.74) is 2.21. The number of H-pyrrole nitrogens is 1. The second-order valence-electron chi connectivity index (χ2n) is 8.44. The maximum Gasteiger partial charge on any atom is 0.253 e. The lowest BCUT2D eigenvalue weighted by Crippen LogP contribution is -2.42. The fourth-order valence-electron chi connectivity index (χ4n) is 4.25. The van der Waals surface area contributed by atoms with Crippen molar-refractivity contribution in [3.05, 3.63) is 63.9 Å². The van der Waals surface area contributed by atoms with Gasteiger partial charge in [0, 0.05) is 31.3 Å². The van der Waals surface area contributed by atoms with Crippen molar-refractivity contribution in [2.24, 2.45) is 0 Å². The minimum Gasteiger partial charge on any atom is -0.497 e. The molecule has 2 aliphatic rings. The van der Waals surface area contributed by atoms with Crippen molar-refractivity contribution in [3.8, 4) is 17.2 Å². The third kappa shape index (κ3) is 4.95. The van der Waals surface area contributed by atoms with E-state index in [0.29, 0.717) is 41.8 Å². The molecule has 178 valence electrons. The van der Waals surface area contributed by atoms with Gasteiger partial charge in [-0.3, -0.25) is 4.79 Å². The number of pyridine rings is 1. The second kappa shape index (κ2) is 9.90. The maximum atomic E-state index is 12.9. The molecule has 8 nitrogen and oxygen atoms in total. The molecule has 3 heterocycles. The molecule has 1 saturated heterocycles. The van der Waals surface area contributed by atoms with Crippen LogP contribution in [0.15, 0.2) is 47.3 Å². The Bertz CT molecular complexity index is 1260. The Morgan fingerprint density at radius 1 is 1.18 bits per heavy atom. The van der Waals surface area contributed by atoms with E-state index in [1.54, 1.807) is 7.11 Å². The summed E-state index contributed by atoms with van der Waals surface area (Å²) in [7, 11) is 1.60. The molecule has 0 unspecified atom stereocenters. The molecule has 34 heavy (non-hydrogen) atoms. The number of methoxy groups -OCH3 is 1. The summed E-state index contributed by atoms with van der Waals surface area (Å²) < 4.78 is 21.9. The quantitative estimate of drug-likeness (QED) is 0.497. The number of fused-ring (bicyclic) bond motifs is 2. The number of aromatic nitrogens is 1. The number of benzene rings is 2. The standard InChI is InChI=1S/C25H27N3O5S/c1-30-19-6-5-17-10-18(24(29)27-21(17)11-19)14-28(25(34)26-12-20-3-2-8-31-20)13-16-4-7-22-23(9-16)33-15-32-22/h4-7,9-11,20H,2-3,8,12-15H2,1H3,(H,26,34)(H,27,29)/t20-/m1/s1. The average Bonchev–Trinajstić information content (AvgIpc) is 3.54. The van der Waals surface area contributed by atoms with E-state index in [1.807, 2.05) is 47.4 Å². The summed E-state index contributed by atoms with van der Waals surface area (Å²) in [6.07, 6.45) is 2.24. The molecule has 0 amide bonds. The maximum absolute atomic E-state index is 12.9. The van der Waals surface area contributed by atoms with Gasteiger partial charge < -0.3 is 34.1 Å². The van der Waals surface area contributed by atoms with E-state index in [9.17, 15) is 4.79 Å². The predicted molar refractivity (Wildman–Crippen MR) is 133 cm³/mol. The van der Waals surface area contributed by atoms with E-state index in [-0.39, 0.29) is 18.5 Å². The largest absolute Gasteiger partial charge is 0.497 e. The van der Waals surface area contributed by atoms with Crippen LogP contribution in [-0.2, 0) is 17.8 Å². The summed E-state index contributed by atoms with van der Waals surface area (Å²) in [5.74, 6) is 2.14. The van der Waals surface area contributed by atoms with E-state index in [1.165, 1.54) is 0 Å². The fraction of sp³-hybridized carbons (Fsp3) is 0.360. The van der Waals surface area contributed by atoms with Gasteiger partial charge in [0.15, 0.2) is 16.6 Å². The SMILES string of the molecule is COc1ccc2cc(CN(Cc3ccc4c(c3)OCO4)C(=S)NC[C@H]3CCCO3)c(=O)[nH]c2c1. The van der Waals surface area contributed by atoms with E-state index >= 15 is 0 Å². The van der Waals surface area contributed by atoms with Gasteiger partial charge in [-0.25, -0.2) is 0 Å². The van der Waals surface area contributed by atoms with Gasteiger partial charge in [-0.15, -0.1) is 0 Å². The Hall–Kier alpha value is -3.30. The number of thiocarbonyl (C=S) groups is 1. The van der Waals surface area contributed by atoms with Gasteiger partial charge in [0.2, 0.25) is 6.79 Å². The van der Waals surface area contributed by atoms with Crippen LogP contribution in [-0.4, -0.2) is 48.2 Å². The highest BCUT2D eigenvalue weighted by atomic mass is 32.1. The van der Waals surface area contributed by atoms with Crippen molar-refractivity contribution in [1.82, 2.24) is 15.2 Å². The molecule has 1 atom stereocenters. The molecule has 2 N–H and O–H groups in total. The van der Waals surface area contributed by atoms with Crippen LogP contribution in [0.3, 0.4) is 0 Å². The zero-order valence-electron chi connectivity index (χ0n) is 19.0. The van der Waals surface area contributed by atoms with Gasteiger partial charge in [-0.05, 0) is 66.3 Å². The van der Waals surface area contributed by atoms with Crippen molar-refractivity contribution >= 4 is 28.2 Å². The molecule has 1 aromatic heterocycles. The number of aromatic amines is 1. The number of nitrogens with one attached hydrogen (secondary N) is 2. The van der Waals surface area contributed by atoms with Gasteiger partial charge >= 0.3 is 0 Å². The Morgan fingerprint density at radius 2 is 2.06 bits per heavy atom. The second-order valence-corrected chi connectivity index (χ2v) is 8.83. The number of rotatable bonds is 7. The Kier molecular flexibility index (Phi) is 6.55. The van der Waals surface area contributed by atoms with Crippen molar-refractivity contribution in [3.63, 3.8) is 0 Å². The van der Waals surface area contributed by atoms with Crippen molar-refractivity contribution in [1.29, 1.82) is 0 Å². The lowest BCUT2D eigenvalue weighted by atomic mass is 10.1. The van der Waals surface area contributed by atoms with Gasteiger partial charge in [0.1, 0.15) is 5.75 Å². The molecule has 1 fully saturated rings. The normalized spacial score (nSPS) is 16.6. The number of ether oxygens (including phenoxy) is 4. The molecule has 9 heteroatoms. The van der Waals surface area contributed by atoms with Crippen molar-refractivity contribution < 1.29 is 18.9 Å². The predicted octanol–water partition coefficient (Wildman–Crippen LogP) is 3.32. The van der Waals surface area contributed by atoms with Crippen LogP contribution < -0.4 is 25.1 Å². The lowest BCUT2D eigenvalue weighted by Gasteiger charge is -2.27. The molecule has 0 spiro atoms. The molecule has 5 rings (SSSR count). The van der Waals surface area contributed by atoms with E-state index < -0.39 is 0 Å². The Labute approximate surface area is 202 Å². The minimum absolute atomic E-state index is 0.154. The molecule has 0 saturated carbocycles. The minimum atomic E-state index is -0.154. The van der Waals surface area contributed by atoms with Crippen LogP contribution in [0.25, 0.3) is 10.9 Å². The summed E-state index contributed by atoms with van der Waals surface area (Å²) in [5, 5.41) is 4.84. The zero-order chi connectivity index (χ0) is 23.5. The topological polar surface area (TPSA) is 85.0 Å². The Balaban J connectivity index is 1.39. The van der Waals surface area contributed by atoms with Gasteiger partial charge in [-0.1, -0.05) is 6.07 Å². The third-order valence-corrected chi connectivity index (χ3v) is 6.50. The Morgan fingerprint density at radius 3 is 2.88 bits per heavy atom. The van der Waals surface area contributed by atoms with Crippen LogP contribution in [0.2, 0.25) is 0 Å². The van der Waals surface area contributed by atoms with Crippen molar-refractivity contribution in [2.45, 2.75) is 32.0 Å². The molecule has 2 aliphatic heterocycles. The summed E-state index contributed by atoms with van der Waals surface area (Å²) in [6, 6.07) is 13.4. The molecular weight excluding hydrogens is 454 g/mol. The number of nitrogens with zero attached hydrogens (tertiary/aromatic N) is 1. The smallest absolute Gasteiger partial charge is 0.253 e.